The summed E-state index contributed by atoms with van der Waals surface area (Å²) in [6.07, 6.45) is 0. The van der Waals surface area contributed by atoms with Crippen molar-refractivity contribution >= 4 is 53.4 Å². The number of hydrogen-bond acceptors (Lipinski definition) is 2. The number of alkyl halides is 2. The van der Waals surface area contributed by atoms with Crippen molar-refractivity contribution in [3.05, 3.63) is 72.1 Å². The van der Waals surface area contributed by atoms with Gasteiger partial charge in [-0.05, 0) is 22.9 Å². The minimum absolute atomic E-state index is 0.722. The summed E-state index contributed by atoms with van der Waals surface area (Å²) >= 11 is 7.13. The lowest BCUT2D eigenvalue weighted by molar-refractivity contribution is 1.16. The van der Waals surface area contributed by atoms with E-state index in [2.05, 4.69) is 80.4 Å². The molecule has 0 amide bonds. The van der Waals surface area contributed by atoms with Gasteiger partial charge >= 0.3 is 0 Å². The first-order valence-corrected chi connectivity index (χ1v) is 9.94. The summed E-state index contributed by atoms with van der Waals surface area (Å²) in [7, 11) is 0. The lowest BCUT2D eigenvalue weighted by atomic mass is 10.1. The quantitative estimate of drug-likeness (QED) is 0.351. The number of fused-ring (bicyclic) bond motifs is 2. The van der Waals surface area contributed by atoms with E-state index in [0.717, 1.165) is 33.4 Å². The van der Waals surface area contributed by atoms with Crippen molar-refractivity contribution in [1.82, 2.24) is 9.97 Å². The van der Waals surface area contributed by atoms with E-state index in [4.69, 9.17) is 9.97 Å². The Hall–Kier alpha value is -1.78. The van der Waals surface area contributed by atoms with Gasteiger partial charge in [0, 0.05) is 21.4 Å². The Morgan fingerprint density at radius 3 is 1.46 bits per heavy atom. The van der Waals surface area contributed by atoms with Crippen molar-refractivity contribution in [1.29, 1.82) is 0 Å². The molecule has 2 nitrogen and oxygen atoms in total. The maximum atomic E-state index is 4.85. The van der Waals surface area contributed by atoms with Crippen LogP contribution in [-0.4, -0.2) is 9.97 Å². The van der Waals surface area contributed by atoms with Crippen molar-refractivity contribution in [2.45, 2.75) is 10.7 Å². The van der Waals surface area contributed by atoms with Gasteiger partial charge in [0.1, 0.15) is 0 Å². The summed E-state index contributed by atoms with van der Waals surface area (Å²) in [5, 5.41) is 6.18. The molecule has 0 saturated heterocycles. The molecule has 0 aliphatic carbocycles. The molecule has 118 valence electrons. The summed E-state index contributed by atoms with van der Waals surface area (Å²) in [5.74, 6) is 0. The minimum Gasteiger partial charge on any atom is -0.250 e. The Labute approximate surface area is 157 Å². The number of halogens is 2. The Morgan fingerprint density at radius 1 is 0.625 bits per heavy atom. The van der Waals surface area contributed by atoms with Gasteiger partial charge in [-0.2, -0.15) is 0 Å². The molecular weight excluding hydrogens is 428 g/mol. The zero-order valence-corrected chi connectivity index (χ0v) is 16.0. The second-order valence-electron chi connectivity index (χ2n) is 5.62. The van der Waals surface area contributed by atoms with Gasteiger partial charge in [-0.1, -0.05) is 80.4 Å². The van der Waals surface area contributed by atoms with Crippen LogP contribution in [0.15, 0.2) is 60.7 Å². The van der Waals surface area contributed by atoms with E-state index in [1.54, 1.807) is 0 Å². The van der Waals surface area contributed by atoms with Crippen LogP contribution in [0.25, 0.3) is 32.9 Å². The highest BCUT2D eigenvalue weighted by atomic mass is 79.9. The second kappa shape index (κ2) is 6.61. The largest absolute Gasteiger partial charge is 0.250 e. The summed E-state index contributed by atoms with van der Waals surface area (Å²) < 4.78 is 0. The van der Waals surface area contributed by atoms with Crippen molar-refractivity contribution in [3.63, 3.8) is 0 Å². The van der Waals surface area contributed by atoms with Gasteiger partial charge in [-0.3, -0.25) is 0 Å². The predicted octanol–water partition coefficient (Wildman–Crippen LogP) is 6.24. The summed E-state index contributed by atoms with van der Waals surface area (Å²) in [4.78, 5) is 9.69. The fourth-order valence-corrected chi connectivity index (χ4v) is 3.86. The van der Waals surface area contributed by atoms with Crippen LogP contribution in [0.4, 0.5) is 0 Å². The van der Waals surface area contributed by atoms with Crippen LogP contribution in [0.3, 0.4) is 0 Å². The molecule has 0 bridgehead atoms. The normalized spacial score (nSPS) is 11.2. The molecule has 4 rings (SSSR count). The van der Waals surface area contributed by atoms with Gasteiger partial charge in [-0.25, -0.2) is 9.97 Å². The molecule has 0 fully saturated rings. The highest BCUT2D eigenvalue weighted by molar-refractivity contribution is 9.08. The molecule has 0 atom stereocenters. The number of nitrogens with zero attached hydrogens (tertiary/aromatic N) is 2. The third-order valence-electron chi connectivity index (χ3n) is 4.15. The van der Waals surface area contributed by atoms with Crippen LogP contribution in [-0.2, 0) is 10.7 Å². The predicted molar refractivity (Wildman–Crippen MR) is 108 cm³/mol. The van der Waals surface area contributed by atoms with E-state index in [-0.39, 0.29) is 0 Å². The molecule has 24 heavy (non-hydrogen) atoms. The molecule has 0 saturated carbocycles. The molecule has 0 unspecified atom stereocenters. The first kappa shape index (κ1) is 15.7. The van der Waals surface area contributed by atoms with E-state index in [1.165, 1.54) is 21.5 Å². The number of pyridine rings is 2. The number of aromatic nitrogens is 2. The third-order valence-corrected chi connectivity index (χ3v) is 5.22. The minimum atomic E-state index is 0.722. The summed E-state index contributed by atoms with van der Waals surface area (Å²) in [6.45, 7) is 0. The van der Waals surface area contributed by atoms with Crippen LogP contribution in [0.2, 0.25) is 0 Å². The van der Waals surface area contributed by atoms with Gasteiger partial charge in [0.2, 0.25) is 0 Å². The molecule has 0 N–H and O–H groups in total. The third kappa shape index (κ3) is 2.74. The van der Waals surface area contributed by atoms with Gasteiger partial charge in [0.15, 0.2) is 0 Å². The monoisotopic (exact) mass is 440 g/mol. The Kier molecular flexibility index (Phi) is 4.33. The standard InChI is InChI=1S/C20H14Br2N2/c21-11-19-15-7-3-1-5-13(15)9-17(23-19)18-10-14-6-2-4-8-16(14)20(12-22)24-18/h1-10H,11-12H2. The van der Waals surface area contributed by atoms with Gasteiger partial charge in [-0.15, -0.1) is 0 Å². The molecule has 0 spiro atoms. The second-order valence-corrected chi connectivity index (χ2v) is 6.74. The molecule has 4 heteroatoms. The fourth-order valence-electron chi connectivity index (χ4n) is 3.01. The molecule has 2 heterocycles. The number of rotatable bonds is 3. The molecular formula is C20H14Br2N2. The zero-order chi connectivity index (χ0) is 16.5. The first-order chi connectivity index (χ1) is 11.8. The topological polar surface area (TPSA) is 25.8 Å². The highest BCUT2D eigenvalue weighted by Gasteiger charge is 2.11. The van der Waals surface area contributed by atoms with Gasteiger partial charge < -0.3 is 0 Å². The van der Waals surface area contributed by atoms with Crippen molar-refractivity contribution in [3.8, 4) is 11.4 Å². The van der Waals surface area contributed by atoms with Crippen LogP contribution in [0, 0.1) is 0 Å². The number of hydrogen-bond donors (Lipinski definition) is 0. The van der Waals surface area contributed by atoms with Crippen molar-refractivity contribution in [2.75, 3.05) is 0 Å². The smallest absolute Gasteiger partial charge is 0.0896 e. The van der Waals surface area contributed by atoms with E-state index < -0.39 is 0 Å². The van der Waals surface area contributed by atoms with E-state index >= 15 is 0 Å². The molecule has 0 radical (unpaired) electrons. The fraction of sp³-hybridized carbons (Fsp3) is 0.100. The van der Waals surface area contributed by atoms with Gasteiger partial charge in [0.05, 0.1) is 22.8 Å². The van der Waals surface area contributed by atoms with E-state index in [0.29, 0.717) is 0 Å². The van der Waals surface area contributed by atoms with Crippen LogP contribution in [0.1, 0.15) is 11.4 Å². The number of benzene rings is 2. The first-order valence-electron chi connectivity index (χ1n) is 7.70. The van der Waals surface area contributed by atoms with Crippen LogP contribution in [0.5, 0.6) is 0 Å². The zero-order valence-electron chi connectivity index (χ0n) is 12.8. The molecule has 0 aliphatic heterocycles. The summed E-state index contributed by atoms with van der Waals surface area (Å²) in [6, 6.07) is 20.9. The van der Waals surface area contributed by atoms with Crippen LogP contribution >= 0.6 is 31.9 Å². The molecule has 0 aliphatic rings. The SMILES string of the molecule is BrCc1nc(-c2cc3ccccc3c(CBr)n2)cc2ccccc12. The lowest BCUT2D eigenvalue weighted by Crippen LogP contribution is -1.96. The summed E-state index contributed by atoms with van der Waals surface area (Å²) in [5.41, 5.74) is 3.91. The maximum Gasteiger partial charge on any atom is 0.0896 e. The lowest BCUT2D eigenvalue weighted by Gasteiger charge is -2.10. The van der Waals surface area contributed by atoms with Crippen LogP contribution < -0.4 is 0 Å². The average molecular weight is 442 g/mol. The van der Waals surface area contributed by atoms with E-state index in [9.17, 15) is 0 Å². The van der Waals surface area contributed by atoms with Gasteiger partial charge in [0.25, 0.3) is 0 Å². The molecule has 4 aromatic rings. The Morgan fingerprint density at radius 2 is 1.04 bits per heavy atom. The molecule has 2 aromatic heterocycles. The Balaban J connectivity index is 1.99. The maximum absolute atomic E-state index is 4.85. The van der Waals surface area contributed by atoms with Crippen molar-refractivity contribution < 1.29 is 0 Å². The van der Waals surface area contributed by atoms with E-state index in [1.807, 2.05) is 12.1 Å². The molecule has 2 aromatic carbocycles. The Bertz CT molecular complexity index is 959. The van der Waals surface area contributed by atoms with Crippen molar-refractivity contribution in [2.24, 2.45) is 0 Å². The highest BCUT2D eigenvalue weighted by Crippen LogP contribution is 2.29. The average Bonchev–Trinajstić information content (AvgIpc) is 2.66.